The van der Waals surface area contributed by atoms with Crippen molar-refractivity contribution >= 4 is 16.9 Å². The van der Waals surface area contributed by atoms with Crippen LogP contribution < -0.4 is 0 Å². The predicted octanol–water partition coefficient (Wildman–Crippen LogP) is 3.62. The van der Waals surface area contributed by atoms with Crippen molar-refractivity contribution < 1.29 is 14.1 Å². The van der Waals surface area contributed by atoms with Crippen LogP contribution >= 0.6 is 0 Å². The molecule has 1 amide bonds. The SMILES string of the molecule is Cc1cc(C)cc(-c2nc(-c3ccc4c(c3)ncn4CCC(=O)N3CCOCC3)no2)c1. The van der Waals surface area contributed by atoms with Crippen LogP contribution in [0.25, 0.3) is 33.9 Å². The normalized spacial score (nSPS) is 14.2. The molecule has 0 atom stereocenters. The van der Waals surface area contributed by atoms with Gasteiger partial charge in [0.05, 0.1) is 30.6 Å². The molecule has 0 N–H and O–H groups in total. The smallest absolute Gasteiger partial charge is 0.258 e. The van der Waals surface area contributed by atoms with Crippen LogP contribution in [0.4, 0.5) is 0 Å². The van der Waals surface area contributed by atoms with Crippen molar-refractivity contribution in [3.8, 4) is 22.8 Å². The van der Waals surface area contributed by atoms with Crippen molar-refractivity contribution in [2.45, 2.75) is 26.8 Å². The number of imidazole rings is 1. The summed E-state index contributed by atoms with van der Waals surface area (Å²) in [5.74, 6) is 1.18. The third kappa shape index (κ3) is 4.13. The number of carbonyl (C=O) groups is 1. The minimum Gasteiger partial charge on any atom is -0.378 e. The monoisotopic (exact) mass is 431 g/mol. The Morgan fingerprint density at radius 1 is 1.03 bits per heavy atom. The van der Waals surface area contributed by atoms with E-state index in [-0.39, 0.29) is 5.91 Å². The highest BCUT2D eigenvalue weighted by Gasteiger charge is 2.17. The average Bonchev–Trinajstić information content (AvgIpc) is 3.44. The first kappa shape index (κ1) is 20.4. The van der Waals surface area contributed by atoms with Gasteiger partial charge in [0.25, 0.3) is 5.89 Å². The Morgan fingerprint density at radius 2 is 1.81 bits per heavy atom. The van der Waals surface area contributed by atoms with Crippen LogP contribution in [-0.2, 0) is 16.1 Å². The van der Waals surface area contributed by atoms with E-state index in [2.05, 4.69) is 21.2 Å². The number of fused-ring (bicyclic) bond motifs is 1. The predicted molar refractivity (Wildman–Crippen MR) is 120 cm³/mol. The second-order valence-electron chi connectivity index (χ2n) is 8.18. The Labute approximate surface area is 185 Å². The van der Waals surface area contributed by atoms with E-state index in [1.165, 1.54) is 0 Å². The van der Waals surface area contributed by atoms with Gasteiger partial charge >= 0.3 is 0 Å². The molecule has 0 radical (unpaired) electrons. The van der Waals surface area contributed by atoms with Crippen LogP contribution in [-0.4, -0.2) is 56.8 Å². The summed E-state index contributed by atoms with van der Waals surface area (Å²) in [4.78, 5) is 23.4. The van der Waals surface area contributed by atoms with Crippen LogP contribution in [0.1, 0.15) is 17.5 Å². The molecule has 164 valence electrons. The fourth-order valence-corrected chi connectivity index (χ4v) is 4.12. The standard InChI is InChI=1S/C24H25N5O3/c1-16-11-17(2)13-19(12-16)24-26-23(27-32-24)18-3-4-21-20(14-18)25-15-29(21)6-5-22(30)28-7-9-31-10-8-28/h3-4,11-15H,5-10H2,1-2H3. The molecule has 3 heterocycles. The van der Waals surface area contributed by atoms with E-state index in [0.29, 0.717) is 51.0 Å². The van der Waals surface area contributed by atoms with Crippen molar-refractivity contribution in [3.63, 3.8) is 0 Å². The second kappa shape index (κ2) is 8.55. The molecule has 1 saturated heterocycles. The quantitative estimate of drug-likeness (QED) is 0.480. The summed E-state index contributed by atoms with van der Waals surface area (Å²) in [5, 5.41) is 4.17. The fraction of sp³-hybridized carbons (Fsp3) is 0.333. The maximum Gasteiger partial charge on any atom is 0.258 e. The topological polar surface area (TPSA) is 86.3 Å². The van der Waals surface area contributed by atoms with Crippen molar-refractivity contribution in [1.82, 2.24) is 24.6 Å². The molecule has 0 spiro atoms. The summed E-state index contributed by atoms with van der Waals surface area (Å²) in [6.45, 7) is 7.25. The molecule has 2 aromatic heterocycles. The summed E-state index contributed by atoms with van der Waals surface area (Å²) in [7, 11) is 0. The molecule has 8 heteroatoms. The van der Waals surface area contributed by atoms with Crippen LogP contribution in [0.3, 0.4) is 0 Å². The van der Waals surface area contributed by atoms with Crippen molar-refractivity contribution in [3.05, 3.63) is 53.9 Å². The van der Waals surface area contributed by atoms with Gasteiger partial charge in [0.1, 0.15) is 0 Å². The second-order valence-corrected chi connectivity index (χ2v) is 8.18. The Morgan fingerprint density at radius 3 is 2.59 bits per heavy atom. The number of morpholine rings is 1. The molecule has 0 saturated carbocycles. The zero-order valence-electron chi connectivity index (χ0n) is 18.2. The maximum atomic E-state index is 12.4. The molecule has 2 aromatic carbocycles. The van der Waals surface area contributed by atoms with Gasteiger partial charge in [-0.15, -0.1) is 0 Å². The maximum absolute atomic E-state index is 12.4. The van der Waals surface area contributed by atoms with E-state index in [1.54, 1.807) is 6.33 Å². The minimum atomic E-state index is 0.150. The minimum absolute atomic E-state index is 0.150. The number of aryl methyl sites for hydroxylation is 3. The van der Waals surface area contributed by atoms with Gasteiger partial charge in [-0.25, -0.2) is 4.98 Å². The summed E-state index contributed by atoms with van der Waals surface area (Å²) in [6.07, 6.45) is 2.22. The summed E-state index contributed by atoms with van der Waals surface area (Å²) in [6, 6.07) is 12.1. The zero-order valence-corrected chi connectivity index (χ0v) is 18.2. The van der Waals surface area contributed by atoms with Crippen molar-refractivity contribution in [2.24, 2.45) is 0 Å². The lowest BCUT2D eigenvalue weighted by molar-refractivity contribution is -0.135. The van der Waals surface area contributed by atoms with Crippen molar-refractivity contribution in [2.75, 3.05) is 26.3 Å². The van der Waals surface area contributed by atoms with Crippen LogP contribution in [0.15, 0.2) is 47.2 Å². The number of benzene rings is 2. The van der Waals surface area contributed by atoms with E-state index >= 15 is 0 Å². The van der Waals surface area contributed by atoms with Gasteiger partial charge in [-0.05, 0) is 44.2 Å². The molecular formula is C24H25N5O3. The molecule has 0 aliphatic carbocycles. The number of hydrogen-bond acceptors (Lipinski definition) is 6. The van der Waals surface area contributed by atoms with Crippen LogP contribution in [0.5, 0.6) is 0 Å². The average molecular weight is 431 g/mol. The highest BCUT2D eigenvalue weighted by molar-refractivity contribution is 5.81. The lowest BCUT2D eigenvalue weighted by Crippen LogP contribution is -2.40. The number of rotatable bonds is 5. The first-order valence-corrected chi connectivity index (χ1v) is 10.8. The van der Waals surface area contributed by atoms with Crippen LogP contribution in [0, 0.1) is 13.8 Å². The Kier molecular flexibility index (Phi) is 5.45. The Balaban J connectivity index is 1.33. The van der Waals surface area contributed by atoms with Gasteiger partial charge in [0.15, 0.2) is 0 Å². The first-order chi connectivity index (χ1) is 15.6. The third-order valence-electron chi connectivity index (χ3n) is 5.70. The molecular weight excluding hydrogens is 406 g/mol. The fourth-order valence-electron chi connectivity index (χ4n) is 4.12. The van der Waals surface area contributed by atoms with Crippen LogP contribution in [0.2, 0.25) is 0 Å². The summed E-state index contributed by atoms with van der Waals surface area (Å²) >= 11 is 0. The van der Waals surface area contributed by atoms with E-state index in [0.717, 1.165) is 33.3 Å². The third-order valence-corrected chi connectivity index (χ3v) is 5.70. The van der Waals surface area contributed by atoms with E-state index in [4.69, 9.17) is 9.26 Å². The van der Waals surface area contributed by atoms with Gasteiger partial charge in [-0.1, -0.05) is 22.3 Å². The molecule has 1 aliphatic rings. The largest absolute Gasteiger partial charge is 0.378 e. The molecule has 0 unspecified atom stereocenters. The highest BCUT2D eigenvalue weighted by Crippen LogP contribution is 2.26. The van der Waals surface area contributed by atoms with Gasteiger partial charge < -0.3 is 18.7 Å². The molecule has 8 nitrogen and oxygen atoms in total. The molecule has 1 fully saturated rings. The number of aromatic nitrogens is 4. The lowest BCUT2D eigenvalue weighted by atomic mass is 10.1. The number of ether oxygens (including phenoxy) is 1. The van der Waals surface area contributed by atoms with Gasteiger partial charge in [-0.2, -0.15) is 4.98 Å². The molecule has 1 aliphatic heterocycles. The summed E-state index contributed by atoms with van der Waals surface area (Å²) in [5.41, 5.74) is 5.86. The summed E-state index contributed by atoms with van der Waals surface area (Å²) < 4.78 is 12.8. The molecule has 4 aromatic rings. The highest BCUT2D eigenvalue weighted by atomic mass is 16.5. The van der Waals surface area contributed by atoms with E-state index in [9.17, 15) is 4.79 Å². The zero-order chi connectivity index (χ0) is 22.1. The van der Waals surface area contributed by atoms with Crippen molar-refractivity contribution in [1.29, 1.82) is 0 Å². The Bertz CT molecular complexity index is 1250. The lowest BCUT2D eigenvalue weighted by Gasteiger charge is -2.26. The van der Waals surface area contributed by atoms with E-state index < -0.39 is 0 Å². The number of amides is 1. The number of nitrogens with zero attached hydrogens (tertiary/aromatic N) is 5. The van der Waals surface area contributed by atoms with Gasteiger partial charge in [0.2, 0.25) is 11.7 Å². The molecule has 0 bridgehead atoms. The Hall–Kier alpha value is -3.52. The van der Waals surface area contributed by atoms with Gasteiger partial charge in [-0.3, -0.25) is 4.79 Å². The first-order valence-electron chi connectivity index (χ1n) is 10.8. The number of hydrogen-bond donors (Lipinski definition) is 0. The molecule has 32 heavy (non-hydrogen) atoms. The molecule has 5 rings (SSSR count). The van der Waals surface area contributed by atoms with Gasteiger partial charge in [0, 0.05) is 37.2 Å². The number of carbonyl (C=O) groups excluding carboxylic acids is 1. The van der Waals surface area contributed by atoms with E-state index in [1.807, 2.05) is 53.6 Å².